The molecule has 6 nitrogen and oxygen atoms in total. The van der Waals surface area contributed by atoms with Gasteiger partial charge in [-0.05, 0) is 26.1 Å². The molecule has 1 amide bonds. The number of H-pyrrole nitrogens is 1. The third-order valence-corrected chi connectivity index (χ3v) is 3.85. The van der Waals surface area contributed by atoms with E-state index in [9.17, 15) is 4.79 Å². The Hall–Kier alpha value is -0.820. The Morgan fingerprint density at radius 2 is 2.05 bits per heavy atom. The highest BCUT2D eigenvalue weighted by Crippen LogP contribution is 2.14. The van der Waals surface area contributed by atoms with E-state index in [0.29, 0.717) is 12.2 Å². The quantitative estimate of drug-likeness (QED) is 0.648. The summed E-state index contributed by atoms with van der Waals surface area (Å²) >= 11 is 0. The van der Waals surface area contributed by atoms with Gasteiger partial charge < -0.3 is 15.5 Å². The van der Waals surface area contributed by atoms with Crippen LogP contribution < -0.4 is 10.6 Å². The Labute approximate surface area is 144 Å². The summed E-state index contributed by atoms with van der Waals surface area (Å²) in [7, 11) is 0. The third-order valence-electron chi connectivity index (χ3n) is 3.85. The first-order chi connectivity index (χ1) is 9.76. The number of halogens is 2. The lowest BCUT2D eigenvalue weighted by molar-refractivity contribution is 0.0945. The van der Waals surface area contributed by atoms with Gasteiger partial charge in [-0.1, -0.05) is 13.8 Å². The molecule has 1 aliphatic rings. The molecule has 0 spiro atoms. The first kappa shape index (κ1) is 21.2. The Morgan fingerprint density at radius 3 is 2.73 bits per heavy atom. The summed E-state index contributed by atoms with van der Waals surface area (Å²) in [5.74, 6) is -0.0641. The number of hydrogen-bond donors (Lipinski definition) is 3. The van der Waals surface area contributed by atoms with Crippen molar-refractivity contribution in [1.82, 2.24) is 25.7 Å². The molecule has 0 bridgehead atoms. The van der Waals surface area contributed by atoms with Crippen LogP contribution in [-0.4, -0.2) is 53.7 Å². The van der Waals surface area contributed by atoms with E-state index in [2.05, 4.69) is 39.6 Å². The monoisotopic (exact) mass is 351 g/mol. The fraction of sp³-hybridized carbons (Fsp3) is 0.714. The van der Waals surface area contributed by atoms with Crippen molar-refractivity contribution in [3.63, 3.8) is 0 Å². The van der Waals surface area contributed by atoms with Crippen LogP contribution in [-0.2, 0) is 13.0 Å². The second-order valence-corrected chi connectivity index (χ2v) is 5.09. The molecule has 0 saturated heterocycles. The molecule has 128 valence electrons. The van der Waals surface area contributed by atoms with Crippen molar-refractivity contribution < 1.29 is 4.79 Å². The van der Waals surface area contributed by atoms with Crippen molar-refractivity contribution in [3.8, 4) is 0 Å². The highest BCUT2D eigenvalue weighted by Gasteiger charge is 2.20. The molecule has 0 aromatic carbocycles. The lowest BCUT2D eigenvalue weighted by atomic mass is 10.1. The number of nitrogens with zero attached hydrogens (tertiary/aromatic N) is 2. The van der Waals surface area contributed by atoms with Gasteiger partial charge in [0.1, 0.15) is 0 Å². The normalized spacial score (nSPS) is 13.0. The largest absolute Gasteiger partial charge is 0.351 e. The number of amides is 1. The first-order valence-corrected chi connectivity index (χ1v) is 7.53. The molecule has 2 heterocycles. The number of aromatic amines is 1. The van der Waals surface area contributed by atoms with Crippen LogP contribution >= 0.6 is 24.8 Å². The standard InChI is InChI=1S/C14H25N5O.2ClH/c1-3-19(4-2)9-5-7-16-14(20)13-11-10-15-8-6-12(11)17-18-13;;/h15H,3-10H2,1-2H3,(H,16,20)(H,17,18);2*1H. The molecular weight excluding hydrogens is 325 g/mol. The average Bonchev–Trinajstić information content (AvgIpc) is 2.91. The molecule has 0 fully saturated rings. The van der Waals surface area contributed by atoms with E-state index in [0.717, 1.165) is 56.8 Å². The van der Waals surface area contributed by atoms with E-state index < -0.39 is 0 Å². The number of fused-ring (bicyclic) bond motifs is 1. The van der Waals surface area contributed by atoms with Crippen molar-refractivity contribution in [2.75, 3.05) is 32.7 Å². The van der Waals surface area contributed by atoms with Crippen LogP contribution in [0, 0.1) is 0 Å². The van der Waals surface area contributed by atoms with Gasteiger partial charge in [-0.25, -0.2) is 0 Å². The van der Waals surface area contributed by atoms with E-state index >= 15 is 0 Å². The van der Waals surface area contributed by atoms with Crippen LogP contribution in [0.4, 0.5) is 0 Å². The van der Waals surface area contributed by atoms with Gasteiger partial charge >= 0.3 is 0 Å². The van der Waals surface area contributed by atoms with Crippen LogP contribution in [0.3, 0.4) is 0 Å². The van der Waals surface area contributed by atoms with Gasteiger partial charge in [0.2, 0.25) is 0 Å². The molecule has 0 atom stereocenters. The lowest BCUT2D eigenvalue weighted by Gasteiger charge is -2.17. The lowest BCUT2D eigenvalue weighted by Crippen LogP contribution is -2.31. The second-order valence-electron chi connectivity index (χ2n) is 5.09. The summed E-state index contributed by atoms with van der Waals surface area (Å²) in [6.07, 6.45) is 1.88. The molecule has 0 saturated carbocycles. The van der Waals surface area contributed by atoms with Gasteiger partial charge in [0.15, 0.2) is 5.69 Å². The van der Waals surface area contributed by atoms with Crippen molar-refractivity contribution in [2.24, 2.45) is 0 Å². The van der Waals surface area contributed by atoms with Crippen molar-refractivity contribution in [2.45, 2.75) is 33.2 Å². The smallest absolute Gasteiger partial charge is 0.272 e. The molecule has 1 aromatic rings. The molecule has 22 heavy (non-hydrogen) atoms. The number of carbonyl (C=O) groups excluding carboxylic acids is 1. The summed E-state index contributed by atoms with van der Waals surface area (Å²) in [4.78, 5) is 14.5. The van der Waals surface area contributed by atoms with Gasteiger partial charge in [-0.15, -0.1) is 24.8 Å². The van der Waals surface area contributed by atoms with E-state index in [-0.39, 0.29) is 30.7 Å². The Balaban J connectivity index is 0.00000220. The van der Waals surface area contributed by atoms with E-state index in [1.807, 2.05) is 0 Å². The number of aromatic nitrogens is 2. The molecule has 3 N–H and O–H groups in total. The highest BCUT2D eigenvalue weighted by atomic mass is 35.5. The van der Waals surface area contributed by atoms with Gasteiger partial charge in [-0.3, -0.25) is 9.89 Å². The van der Waals surface area contributed by atoms with Crippen LogP contribution in [0.25, 0.3) is 0 Å². The number of hydrogen-bond acceptors (Lipinski definition) is 4. The minimum atomic E-state index is -0.0641. The van der Waals surface area contributed by atoms with Gasteiger partial charge in [-0.2, -0.15) is 5.10 Å². The van der Waals surface area contributed by atoms with Crippen molar-refractivity contribution in [1.29, 1.82) is 0 Å². The zero-order valence-corrected chi connectivity index (χ0v) is 14.9. The Bertz CT molecular complexity index is 448. The van der Waals surface area contributed by atoms with E-state index in [1.165, 1.54) is 0 Å². The van der Waals surface area contributed by atoms with E-state index in [1.54, 1.807) is 0 Å². The van der Waals surface area contributed by atoms with E-state index in [4.69, 9.17) is 0 Å². The molecule has 0 aliphatic carbocycles. The van der Waals surface area contributed by atoms with Crippen LogP contribution in [0.5, 0.6) is 0 Å². The fourth-order valence-electron chi connectivity index (χ4n) is 2.54. The maximum absolute atomic E-state index is 12.1. The summed E-state index contributed by atoms with van der Waals surface area (Å²) in [5, 5.41) is 13.4. The van der Waals surface area contributed by atoms with Crippen LogP contribution in [0.1, 0.15) is 42.0 Å². The molecule has 2 rings (SSSR count). The van der Waals surface area contributed by atoms with Gasteiger partial charge in [0.05, 0.1) is 0 Å². The molecule has 0 unspecified atom stereocenters. The SMILES string of the molecule is CCN(CC)CCCNC(=O)c1n[nH]c2c1CNCC2.Cl.Cl. The van der Waals surface area contributed by atoms with Crippen LogP contribution in [0.15, 0.2) is 0 Å². The maximum atomic E-state index is 12.1. The topological polar surface area (TPSA) is 73.0 Å². The zero-order chi connectivity index (χ0) is 14.4. The number of nitrogens with one attached hydrogen (secondary N) is 3. The van der Waals surface area contributed by atoms with Crippen molar-refractivity contribution in [3.05, 3.63) is 17.0 Å². The molecule has 0 radical (unpaired) electrons. The Kier molecular flexibility index (Phi) is 10.4. The number of carbonyl (C=O) groups is 1. The summed E-state index contributed by atoms with van der Waals surface area (Å²) in [6, 6.07) is 0. The molecular formula is C14H27Cl2N5O. The minimum Gasteiger partial charge on any atom is -0.351 e. The zero-order valence-electron chi connectivity index (χ0n) is 13.3. The third kappa shape index (κ3) is 5.43. The van der Waals surface area contributed by atoms with Gasteiger partial charge in [0.25, 0.3) is 5.91 Å². The first-order valence-electron chi connectivity index (χ1n) is 7.53. The van der Waals surface area contributed by atoms with Crippen LogP contribution in [0.2, 0.25) is 0 Å². The molecule has 1 aromatic heterocycles. The van der Waals surface area contributed by atoms with Gasteiger partial charge in [0, 0.05) is 37.3 Å². The minimum absolute atomic E-state index is 0. The molecule has 8 heteroatoms. The molecule has 1 aliphatic heterocycles. The summed E-state index contributed by atoms with van der Waals surface area (Å²) in [5.41, 5.74) is 2.67. The Morgan fingerprint density at radius 1 is 1.32 bits per heavy atom. The highest BCUT2D eigenvalue weighted by molar-refractivity contribution is 5.94. The average molecular weight is 352 g/mol. The fourth-order valence-corrected chi connectivity index (χ4v) is 2.54. The predicted octanol–water partition coefficient (Wildman–Crippen LogP) is 1.36. The maximum Gasteiger partial charge on any atom is 0.272 e. The number of rotatable bonds is 7. The predicted molar refractivity (Wildman–Crippen MR) is 93.2 cm³/mol. The summed E-state index contributed by atoms with van der Waals surface area (Å²) in [6.45, 7) is 9.83. The second kappa shape index (κ2) is 10.8. The summed E-state index contributed by atoms with van der Waals surface area (Å²) < 4.78 is 0. The van der Waals surface area contributed by atoms with Crippen molar-refractivity contribution >= 4 is 30.7 Å².